The van der Waals surface area contributed by atoms with Gasteiger partial charge in [0.05, 0.1) is 5.09 Å². The van der Waals surface area contributed by atoms with Crippen LogP contribution in [0, 0.1) is 15.3 Å². The molecule has 0 bridgehead atoms. The van der Waals surface area contributed by atoms with Crippen LogP contribution < -0.4 is 0 Å². The van der Waals surface area contributed by atoms with E-state index in [1.54, 1.807) is 0 Å². The maximum Gasteiger partial charge on any atom is 2.00 e. The van der Waals surface area contributed by atoms with Crippen molar-refractivity contribution in [1.82, 2.24) is 0 Å². The van der Waals surface area contributed by atoms with Crippen LogP contribution in [0.15, 0.2) is 0 Å². The molecule has 11 heavy (non-hydrogen) atoms. The summed E-state index contributed by atoms with van der Waals surface area (Å²) in [5.41, 5.74) is 0. The first-order chi connectivity index (χ1) is 3.73. The molecule has 0 saturated carbocycles. The van der Waals surface area contributed by atoms with Gasteiger partial charge in [0.15, 0.2) is 0 Å². The third-order valence-electron chi connectivity index (χ3n) is 0. The van der Waals surface area contributed by atoms with E-state index >= 15 is 0 Å². The predicted octanol–water partition coefficient (Wildman–Crippen LogP) is -2.34. The Labute approximate surface area is 94.0 Å². The normalized spacial score (nSPS) is 7.45. The molecule has 0 aromatic carbocycles. The minimum absolute atomic E-state index is 0. The fourth-order valence-corrected chi connectivity index (χ4v) is 0. The van der Waals surface area contributed by atoms with Crippen molar-refractivity contribution in [3.63, 3.8) is 0 Å². The Morgan fingerprint density at radius 1 is 1.00 bits per heavy atom. The van der Waals surface area contributed by atoms with Crippen LogP contribution in [0.25, 0.3) is 0 Å². The van der Waals surface area contributed by atoms with Crippen molar-refractivity contribution in [3.05, 3.63) is 15.3 Å². The molecule has 0 heterocycles. The summed E-state index contributed by atoms with van der Waals surface area (Å²) in [6.07, 6.45) is 0. The molecule has 0 aliphatic carbocycles. The number of nitrogens with zero attached hydrogens (tertiary/aromatic N) is 1. The second kappa shape index (κ2) is 10.6. The van der Waals surface area contributed by atoms with Crippen molar-refractivity contribution in [3.8, 4) is 0 Å². The van der Waals surface area contributed by atoms with E-state index in [0.717, 1.165) is 0 Å². The predicted molar refractivity (Wildman–Crippen MR) is 32.3 cm³/mol. The van der Waals surface area contributed by atoms with Crippen LogP contribution in [-0.4, -0.2) is 68.7 Å². The Balaban J connectivity index is -0.0000000383. The summed E-state index contributed by atoms with van der Waals surface area (Å²) in [5.74, 6) is 0. The Kier molecular flexibility index (Phi) is 21.8. The Morgan fingerprint density at radius 3 is 1.00 bits per heavy atom. The van der Waals surface area contributed by atoms with Crippen LogP contribution >= 0.6 is 0 Å². The molecule has 0 saturated heterocycles. The van der Waals surface area contributed by atoms with Gasteiger partial charge in [-0.25, -0.2) is 0 Å². The van der Waals surface area contributed by atoms with Crippen LogP contribution in [0.4, 0.5) is 0 Å². The Morgan fingerprint density at radius 2 is 1.00 bits per heavy atom. The van der Waals surface area contributed by atoms with E-state index in [0.29, 0.717) is 0 Å². The van der Waals surface area contributed by atoms with Crippen LogP contribution in [0.3, 0.4) is 0 Å². The monoisotopic (exact) mass is 206 g/mol. The summed E-state index contributed by atoms with van der Waals surface area (Å²) in [7, 11) is -5.17. The smallest absolute Gasteiger partial charge is 0.759 e. The van der Waals surface area contributed by atoms with Gasteiger partial charge in [-0.3, -0.25) is 8.42 Å². The second-order valence-electron chi connectivity index (χ2n) is 0.632. The van der Waals surface area contributed by atoms with Gasteiger partial charge in [-0.2, -0.15) is 0 Å². The van der Waals surface area contributed by atoms with Gasteiger partial charge in [-0.1, -0.05) is 0 Å². The maximum atomic E-state index is 8.52. The Bertz CT molecular complexity index is 159. The first kappa shape index (κ1) is 22.6. The molecule has 0 rings (SSSR count). The van der Waals surface area contributed by atoms with Crippen molar-refractivity contribution >= 4 is 56.5 Å². The summed E-state index contributed by atoms with van der Waals surface area (Å²) >= 11 is 0. The topological polar surface area (TPSA) is 146 Å². The number of hydrogen-bond donors (Lipinski definition) is 0. The third kappa shape index (κ3) is 2160. The Hall–Kier alpha value is 0.602. The maximum absolute atomic E-state index is 8.52. The van der Waals surface area contributed by atoms with Crippen LogP contribution in [0.2, 0.25) is 0 Å². The standard InChI is InChI=1S/2Mg.NO3.H2O4S/c;;2-1(3)4;1-5(2,3)4/h;;;(H2,1,2,3,4)/q2*+2;-1;/p-2. The van der Waals surface area contributed by atoms with E-state index in [-0.39, 0.29) is 46.1 Å². The number of hydrogen-bond acceptors (Lipinski definition) is 7. The van der Waals surface area contributed by atoms with E-state index < -0.39 is 15.5 Å². The molecule has 0 unspecified atom stereocenters. The molecule has 0 amide bonds. The second-order valence-corrected chi connectivity index (χ2v) is 1.45. The number of rotatable bonds is 0. The van der Waals surface area contributed by atoms with Crippen molar-refractivity contribution < 1.29 is 22.6 Å². The van der Waals surface area contributed by atoms with E-state index in [1.807, 2.05) is 0 Å². The van der Waals surface area contributed by atoms with Crippen molar-refractivity contribution in [1.29, 1.82) is 0 Å². The van der Waals surface area contributed by atoms with E-state index in [4.69, 9.17) is 32.8 Å². The first-order valence-corrected chi connectivity index (χ1v) is 2.55. The molecule has 0 aromatic rings. The first-order valence-electron chi connectivity index (χ1n) is 1.21. The summed E-state index contributed by atoms with van der Waals surface area (Å²) in [6, 6.07) is 0. The zero-order valence-electron chi connectivity index (χ0n) is 5.13. The summed E-state index contributed by atoms with van der Waals surface area (Å²) in [5, 5.41) is 14.8. The van der Waals surface area contributed by atoms with Crippen molar-refractivity contribution in [2.45, 2.75) is 0 Å². The largest absolute Gasteiger partial charge is 2.00 e. The van der Waals surface area contributed by atoms with Gasteiger partial charge in [0.2, 0.25) is 0 Å². The summed E-state index contributed by atoms with van der Waals surface area (Å²) < 4.78 is 34.1. The molecule has 0 spiro atoms. The molecule has 0 aliphatic rings. The van der Waals surface area contributed by atoms with Gasteiger partial charge in [0.1, 0.15) is 0 Å². The average Bonchev–Trinajstić information content (AvgIpc) is 1.19. The molecule has 0 fully saturated rings. The van der Waals surface area contributed by atoms with Gasteiger partial charge in [-0.05, 0) is 0 Å². The quantitative estimate of drug-likeness (QED) is 0.142. The summed E-state index contributed by atoms with van der Waals surface area (Å²) in [4.78, 5) is 8.25. The SMILES string of the molecule is O=S(=O)([O-])[O-].O=[N+]([O-])[O-].[Mg+2].[Mg+2]. The summed E-state index contributed by atoms with van der Waals surface area (Å²) in [6.45, 7) is 0. The average molecular weight is 207 g/mol. The van der Waals surface area contributed by atoms with Gasteiger partial charge in [0.25, 0.3) is 0 Å². The molecule has 8 nitrogen and oxygen atoms in total. The minimum atomic E-state index is -5.17. The van der Waals surface area contributed by atoms with Crippen LogP contribution in [0.1, 0.15) is 0 Å². The molecule has 0 N–H and O–H groups in total. The zero-order valence-corrected chi connectivity index (χ0v) is 8.77. The third-order valence-corrected chi connectivity index (χ3v) is 0. The molecule has 56 valence electrons. The molecule has 11 heteroatoms. The molecule has 0 aromatic heterocycles. The van der Waals surface area contributed by atoms with Crippen LogP contribution in [-0.2, 0) is 10.4 Å². The van der Waals surface area contributed by atoms with Crippen molar-refractivity contribution in [2.24, 2.45) is 0 Å². The zero-order chi connectivity index (χ0) is 8.08. The van der Waals surface area contributed by atoms with Gasteiger partial charge in [-0.15, -0.1) is 0 Å². The minimum Gasteiger partial charge on any atom is -0.759 e. The van der Waals surface area contributed by atoms with E-state index in [9.17, 15) is 0 Å². The van der Waals surface area contributed by atoms with E-state index in [2.05, 4.69) is 0 Å². The van der Waals surface area contributed by atoms with Gasteiger partial charge in [0, 0.05) is 10.4 Å². The van der Waals surface area contributed by atoms with Gasteiger partial charge >= 0.3 is 46.1 Å². The van der Waals surface area contributed by atoms with E-state index in [1.165, 1.54) is 0 Å². The molecular weight excluding hydrogens is 207 g/mol. The molecule has 0 radical (unpaired) electrons. The molecule has 0 aliphatic heterocycles. The van der Waals surface area contributed by atoms with Gasteiger partial charge < -0.3 is 24.4 Å². The van der Waals surface area contributed by atoms with Crippen molar-refractivity contribution in [2.75, 3.05) is 0 Å². The van der Waals surface area contributed by atoms with Crippen LogP contribution in [0.5, 0.6) is 0 Å². The molecular formula is Mg2NO7S+. The molecule has 0 atom stereocenters. The fraction of sp³-hybridized carbons (Fsp3) is 0. The fourth-order valence-electron chi connectivity index (χ4n) is 0.